The molecule has 0 aliphatic carbocycles. The van der Waals surface area contributed by atoms with Gasteiger partial charge in [0.1, 0.15) is 0 Å². The highest BCUT2D eigenvalue weighted by atomic mass is 35.5. The van der Waals surface area contributed by atoms with Crippen LogP contribution in [0.15, 0.2) is 36.4 Å². The Morgan fingerprint density at radius 2 is 1.73 bits per heavy atom. The van der Waals surface area contributed by atoms with Crippen LogP contribution in [0.2, 0.25) is 5.02 Å². The van der Waals surface area contributed by atoms with Gasteiger partial charge >= 0.3 is 0 Å². The maximum atomic E-state index is 12.8. The predicted molar refractivity (Wildman–Crippen MR) is 127 cm³/mol. The molecule has 0 atom stereocenters. The summed E-state index contributed by atoms with van der Waals surface area (Å²) < 4.78 is 11.4. The van der Waals surface area contributed by atoms with Gasteiger partial charge in [-0.15, -0.1) is 0 Å². The number of ether oxygens (including phenoxy) is 2. The SMILES string of the molecule is CCOc1cc(C(=O)Nc2ccc(NC(C)=O)cc2Cl)ccc1OCC(=O)N1CCCCC1. The molecule has 2 aromatic carbocycles. The lowest BCUT2D eigenvalue weighted by atomic mass is 10.1. The van der Waals surface area contributed by atoms with Crippen molar-refractivity contribution in [2.24, 2.45) is 0 Å². The molecule has 0 unspecified atom stereocenters. The highest BCUT2D eigenvalue weighted by Crippen LogP contribution is 2.30. The van der Waals surface area contributed by atoms with Crippen molar-refractivity contribution in [1.82, 2.24) is 4.90 Å². The maximum absolute atomic E-state index is 12.8. The normalized spacial score (nSPS) is 13.2. The van der Waals surface area contributed by atoms with Crippen molar-refractivity contribution in [2.75, 3.05) is 36.9 Å². The number of carbonyl (C=O) groups is 3. The van der Waals surface area contributed by atoms with Crippen LogP contribution >= 0.6 is 11.6 Å². The first-order valence-corrected chi connectivity index (χ1v) is 11.3. The van der Waals surface area contributed by atoms with Crippen molar-refractivity contribution in [3.05, 3.63) is 47.0 Å². The molecule has 1 heterocycles. The van der Waals surface area contributed by atoms with Crippen LogP contribution in [0.1, 0.15) is 43.5 Å². The van der Waals surface area contributed by atoms with Gasteiger partial charge in [-0.2, -0.15) is 0 Å². The molecule has 0 aromatic heterocycles. The molecule has 3 rings (SSSR count). The first-order valence-electron chi connectivity index (χ1n) is 10.9. The molecule has 176 valence electrons. The van der Waals surface area contributed by atoms with Crippen molar-refractivity contribution in [3.63, 3.8) is 0 Å². The first kappa shape index (κ1) is 24.4. The molecule has 2 N–H and O–H groups in total. The largest absolute Gasteiger partial charge is 0.490 e. The third-order valence-electron chi connectivity index (χ3n) is 5.10. The van der Waals surface area contributed by atoms with Crippen LogP contribution in [-0.2, 0) is 9.59 Å². The van der Waals surface area contributed by atoms with E-state index in [2.05, 4.69) is 10.6 Å². The number of piperidine rings is 1. The standard InChI is InChI=1S/C24H28ClN3O5/c1-3-32-22-13-17(7-10-21(22)33-15-23(30)28-11-5-4-6-12-28)24(31)27-20-9-8-18(14-19(20)25)26-16(2)29/h7-10,13-14H,3-6,11-12,15H2,1-2H3,(H,26,29)(H,27,31). The molecule has 3 amide bonds. The Morgan fingerprint density at radius 1 is 0.970 bits per heavy atom. The van der Waals surface area contributed by atoms with E-state index in [1.54, 1.807) is 36.4 Å². The van der Waals surface area contributed by atoms with Gasteiger partial charge in [-0.25, -0.2) is 0 Å². The molecule has 33 heavy (non-hydrogen) atoms. The molecule has 1 saturated heterocycles. The Kier molecular flexibility index (Phi) is 8.54. The summed E-state index contributed by atoms with van der Waals surface area (Å²) in [7, 11) is 0. The number of carbonyl (C=O) groups excluding carboxylic acids is 3. The second kappa shape index (κ2) is 11.6. The van der Waals surface area contributed by atoms with E-state index in [-0.39, 0.29) is 29.4 Å². The van der Waals surface area contributed by atoms with Gasteiger partial charge in [-0.05, 0) is 62.6 Å². The van der Waals surface area contributed by atoms with Gasteiger partial charge in [0.25, 0.3) is 11.8 Å². The fourth-order valence-electron chi connectivity index (χ4n) is 3.50. The van der Waals surface area contributed by atoms with Crippen molar-refractivity contribution < 1.29 is 23.9 Å². The maximum Gasteiger partial charge on any atom is 0.260 e. The van der Waals surface area contributed by atoms with Gasteiger partial charge < -0.3 is 25.0 Å². The highest BCUT2D eigenvalue weighted by Gasteiger charge is 2.19. The third-order valence-corrected chi connectivity index (χ3v) is 5.42. The van der Waals surface area contributed by atoms with Crippen LogP contribution in [0.25, 0.3) is 0 Å². The van der Waals surface area contributed by atoms with Gasteiger partial charge in [-0.3, -0.25) is 14.4 Å². The number of halogens is 1. The summed E-state index contributed by atoms with van der Waals surface area (Å²) in [4.78, 5) is 38.2. The molecule has 0 bridgehead atoms. The van der Waals surface area contributed by atoms with E-state index in [9.17, 15) is 14.4 Å². The van der Waals surface area contributed by atoms with Gasteiger partial charge in [0.2, 0.25) is 5.91 Å². The Balaban J connectivity index is 1.68. The topological polar surface area (TPSA) is 97.0 Å². The number of anilines is 2. The molecule has 8 nitrogen and oxygen atoms in total. The van der Waals surface area contributed by atoms with E-state index in [1.165, 1.54) is 6.92 Å². The zero-order chi connectivity index (χ0) is 23.8. The van der Waals surface area contributed by atoms with Crippen molar-refractivity contribution in [3.8, 4) is 11.5 Å². The second-order valence-electron chi connectivity index (χ2n) is 7.65. The lowest BCUT2D eigenvalue weighted by Gasteiger charge is -2.26. The summed E-state index contributed by atoms with van der Waals surface area (Å²) in [5.41, 5.74) is 1.28. The number of benzene rings is 2. The van der Waals surface area contributed by atoms with Crippen LogP contribution < -0.4 is 20.1 Å². The monoisotopic (exact) mass is 473 g/mol. The quantitative estimate of drug-likeness (QED) is 0.594. The molecule has 0 saturated carbocycles. The summed E-state index contributed by atoms with van der Waals surface area (Å²) in [5, 5.41) is 5.67. The first-order chi connectivity index (χ1) is 15.9. The Labute approximate surface area is 198 Å². The zero-order valence-corrected chi connectivity index (χ0v) is 19.5. The molecule has 1 aliphatic rings. The van der Waals surface area contributed by atoms with E-state index in [4.69, 9.17) is 21.1 Å². The van der Waals surface area contributed by atoms with Crippen LogP contribution in [0.3, 0.4) is 0 Å². The predicted octanol–water partition coefficient (Wildman–Crippen LogP) is 4.34. The van der Waals surface area contributed by atoms with Gasteiger partial charge in [-0.1, -0.05) is 11.6 Å². The number of nitrogens with one attached hydrogen (secondary N) is 2. The number of hydrogen-bond donors (Lipinski definition) is 2. The van der Waals surface area contributed by atoms with Crippen molar-refractivity contribution in [1.29, 1.82) is 0 Å². The zero-order valence-electron chi connectivity index (χ0n) is 18.8. The molecular formula is C24H28ClN3O5. The summed E-state index contributed by atoms with van der Waals surface area (Å²) in [6.45, 7) is 5.03. The molecule has 0 spiro atoms. The van der Waals surface area contributed by atoms with E-state index >= 15 is 0 Å². The van der Waals surface area contributed by atoms with Crippen LogP contribution in [0.5, 0.6) is 11.5 Å². The lowest BCUT2D eigenvalue weighted by molar-refractivity contribution is -0.134. The minimum atomic E-state index is -0.388. The average Bonchev–Trinajstić information content (AvgIpc) is 2.80. The number of likely N-dealkylation sites (tertiary alicyclic amines) is 1. The Hall–Kier alpha value is -3.26. The van der Waals surface area contributed by atoms with Crippen molar-refractivity contribution in [2.45, 2.75) is 33.1 Å². The van der Waals surface area contributed by atoms with Crippen molar-refractivity contribution >= 4 is 40.7 Å². The Morgan fingerprint density at radius 3 is 2.39 bits per heavy atom. The molecule has 1 aliphatic heterocycles. The smallest absolute Gasteiger partial charge is 0.260 e. The fraction of sp³-hybridized carbons (Fsp3) is 0.375. The minimum absolute atomic E-state index is 0.0590. The number of rotatable bonds is 8. The van der Waals surface area contributed by atoms with E-state index in [0.29, 0.717) is 35.0 Å². The highest BCUT2D eigenvalue weighted by molar-refractivity contribution is 6.34. The van der Waals surface area contributed by atoms with E-state index in [1.807, 2.05) is 11.8 Å². The molecule has 2 aromatic rings. The Bertz CT molecular complexity index is 1020. The lowest BCUT2D eigenvalue weighted by Crippen LogP contribution is -2.38. The molecule has 1 fully saturated rings. The fourth-order valence-corrected chi connectivity index (χ4v) is 3.73. The number of amides is 3. The second-order valence-corrected chi connectivity index (χ2v) is 8.06. The third kappa shape index (κ3) is 6.86. The number of hydrogen-bond acceptors (Lipinski definition) is 5. The molecule has 0 radical (unpaired) electrons. The van der Waals surface area contributed by atoms with Crippen LogP contribution in [-0.4, -0.2) is 48.9 Å². The summed E-state index contributed by atoms with van der Waals surface area (Å²) in [5.74, 6) is 0.115. The summed E-state index contributed by atoms with van der Waals surface area (Å²) in [6, 6.07) is 9.59. The van der Waals surface area contributed by atoms with Gasteiger partial charge in [0.05, 0.1) is 17.3 Å². The van der Waals surface area contributed by atoms with E-state index in [0.717, 1.165) is 32.4 Å². The number of nitrogens with zero attached hydrogens (tertiary/aromatic N) is 1. The minimum Gasteiger partial charge on any atom is -0.490 e. The average molecular weight is 474 g/mol. The van der Waals surface area contributed by atoms with Crippen LogP contribution in [0, 0.1) is 0 Å². The van der Waals surface area contributed by atoms with Crippen LogP contribution in [0.4, 0.5) is 11.4 Å². The van der Waals surface area contributed by atoms with Gasteiger partial charge in [0, 0.05) is 31.3 Å². The van der Waals surface area contributed by atoms with E-state index < -0.39 is 0 Å². The summed E-state index contributed by atoms with van der Waals surface area (Å²) >= 11 is 6.24. The molecule has 9 heteroatoms. The summed E-state index contributed by atoms with van der Waals surface area (Å²) in [6.07, 6.45) is 3.17. The molecular weight excluding hydrogens is 446 g/mol. The van der Waals surface area contributed by atoms with Gasteiger partial charge in [0.15, 0.2) is 18.1 Å².